The van der Waals surface area contributed by atoms with Crippen LogP contribution < -0.4 is 14.9 Å². The zero-order valence-electron chi connectivity index (χ0n) is 15.3. The zero-order chi connectivity index (χ0) is 20.4. The normalized spacial score (nSPS) is 10.8. The van der Waals surface area contributed by atoms with Crippen molar-refractivity contribution in [2.24, 2.45) is 0 Å². The van der Waals surface area contributed by atoms with Crippen molar-refractivity contribution in [2.45, 2.75) is 6.92 Å². The summed E-state index contributed by atoms with van der Waals surface area (Å²) in [4.78, 5) is 25.5. The van der Waals surface area contributed by atoms with E-state index in [2.05, 4.69) is 0 Å². The quantitative estimate of drug-likeness (QED) is 0.401. The number of hydrogen-bond donors (Lipinski definition) is 0. The van der Waals surface area contributed by atoms with Crippen LogP contribution in [0.15, 0.2) is 69.2 Å². The largest absolute Gasteiger partial charge is 0.485 e. The number of hydrogen-bond acceptors (Lipinski definition) is 6. The molecule has 2 heterocycles. The number of ether oxygens (including phenoxy) is 2. The van der Waals surface area contributed by atoms with Gasteiger partial charge in [-0.05, 0) is 54.8 Å². The van der Waals surface area contributed by atoms with Crippen LogP contribution in [0.25, 0.3) is 11.0 Å². The third-order valence-electron chi connectivity index (χ3n) is 4.19. The Morgan fingerprint density at radius 1 is 1.10 bits per heavy atom. The minimum absolute atomic E-state index is 0.0330. The molecule has 0 saturated heterocycles. The molecule has 0 radical (unpaired) electrons. The van der Waals surface area contributed by atoms with Crippen molar-refractivity contribution < 1.29 is 23.1 Å². The highest BCUT2D eigenvalue weighted by Crippen LogP contribution is 2.27. The molecular formula is C22H15FO5S. The molecule has 0 aliphatic carbocycles. The SMILES string of the molecule is Cc1oc2cc(OCC(=O)c3cccs3)ccc2c(=O)c1Oc1ccc(F)cc1. The van der Waals surface area contributed by atoms with Gasteiger partial charge in [-0.2, -0.15) is 0 Å². The van der Waals surface area contributed by atoms with Crippen molar-refractivity contribution in [2.75, 3.05) is 6.61 Å². The number of halogens is 1. The Kier molecular flexibility index (Phi) is 5.14. The van der Waals surface area contributed by atoms with Gasteiger partial charge in [0, 0.05) is 6.07 Å². The van der Waals surface area contributed by atoms with E-state index < -0.39 is 5.82 Å². The molecule has 0 aliphatic heterocycles. The van der Waals surface area contributed by atoms with E-state index in [4.69, 9.17) is 13.9 Å². The Morgan fingerprint density at radius 3 is 2.59 bits per heavy atom. The summed E-state index contributed by atoms with van der Waals surface area (Å²) >= 11 is 1.35. The fraction of sp³-hybridized carbons (Fsp3) is 0.0909. The number of aryl methyl sites for hydroxylation is 1. The molecule has 0 aliphatic rings. The summed E-state index contributed by atoms with van der Waals surface area (Å²) in [6.45, 7) is 1.49. The van der Waals surface area contributed by atoms with Gasteiger partial charge in [0.1, 0.15) is 28.7 Å². The number of carbonyl (C=O) groups is 1. The van der Waals surface area contributed by atoms with E-state index in [9.17, 15) is 14.0 Å². The molecule has 5 nitrogen and oxygen atoms in total. The molecule has 0 amide bonds. The van der Waals surface area contributed by atoms with E-state index in [0.717, 1.165) is 0 Å². The molecule has 4 aromatic rings. The zero-order valence-corrected chi connectivity index (χ0v) is 16.1. The number of ketones is 1. The second-order valence-electron chi connectivity index (χ2n) is 6.22. The van der Waals surface area contributed by atoms with Crippen LogP contribution in [0.1, 0.15) is 15.4 Å². The van der Waals surface area contributed by atoms with E-state index in [0.29, 0.717) is 27.3 Å². The third-order valence-corrected chi connectivity index (χ3v) is 5.10. The molecule has 0 bridgehead atoms. The lowest BCUT2D eigenvalue weighted by molar-refractivity contribution is 0.0925. The Bertz CT molecular complexity index is 1230. The topological polar surface area (TPSA) is 65.7 Å². The molecule has 2 aromatic carbocycles. The minimum Gasteiger partial charge on any atom is -0.485 e. The summed E-state index contributed by atoms with van der Waals surface area (Å²) in [5.41, 5.74) is -0.0330. The summed E-state index contributed by atoms with van der Waals surface area (Å²) in [6.07, 6.45) is 0. The Morgan fingerprint density at radius 2 is 1.86 bits per heavy atom. The highest BCUT2D eigenvalue weighted by Gasteiger charge is 2.15. The lowest BCUT2D eigenvalue weighted by Crippen LogP contribution is -2.10. The van der Waals surface area contributed by atoms with Crippen LogP contribution in [0.4, 0.5) is 4.39 Å². The van der Waals surface area contributed by atoms with E-state index in [1.54, 1.807) is 37.3 Å². The number of fused-ring (bicyclic) bond motifs is 1. The molecule has 7 heteroatoms. The van der Waals surface area contributed by atoms with Crippen molar-refractivity contribution in [3.8, 4) is 17.2 Å². The maximum absolute atomic E-state index is 13.1. The van der Waals surface area contributed by atoms with Gasteiger partial charge in [-0.3, -0.25) is 9.59 Å². The first-order chi connectivity index (χ1) is 14.0. The smallest absolute Gasteiger partial charge is 0.235 e. The highest BCUT2D eigenvalue weighted by atomic mass is 32.1. The van der Waals surface area contributed by atoms with Crippen molar-refractivity contribution >= 4 is 28.1 Å². The molecule has 0 fully saturated rings. The van der Waals surface area contributed by atoms with Gasteiger partial charge < -0.3 is 13.9 Å². The number of thiophene rings is 1. The van der Waals surface area contributed by atoms with Gasteiger partial charge in [0.15, 0.2) is 6.61 Å². The maximum Gasteiger partial charge on any atom is 0.235 e. The maximum atomic E-state index is 13.1. The lowest BCUT2D eigenvalue weighted by Gasteiger charge is -2.10. The van der Waals surface area contributed by atoms with Gasteiger partial charge in [0.05, 0.1) is 10.3 Å². The van der Waals surface area contributed by atoms with Gasteiger partial charge in [0.2, 0.25) is 17.0 Å². The van der Waals surface area contributed by atoms with Crippen molar-refractivity contribution in [3.05, 3.63) is 86.7 Å². The molecule has 0 spiro atoms. The van der Waals surface area contributed by atoms with E-state index in [1.807, 2.05) is 5.38 Å². The second kappa shape index (κ2) is 7.89. The predicted molar refractivity (Wildman–Crippen MR) is 108 cm³/mol. The predicted octanol–water partition coefficient (Wildman–Crippen LogP) is 5.36. The van der Waals surface area contributed by atoms with Gasteiger partial charge in [-0.25, -0.2) is 4.39 Å². The average Bonchev–Trinajstić information content (AvgIpc) is 3.25. The monoisotopic (exact) mass is 410 g/mol. The fourth-order valence-electron chi connectivity index (χ4n) is 2.75. The molecule has 4 rings (SSSR count). The first kappa shape index (κ1) is 18.9. The summed E-state index contributed by atoms with van der Waals surface area (Å²) in [5, 5.41) is 2.14. The number of rotatable bonds is 6. The van der Waals surface area contributed by atoms with E-state index >= 15 is 0 Å². The van der Waals surface area contributed by atoms with Crippen LogP contribution in [0.2, 0.25) is 0 Å². The highest BCUT2D eigenvalue weighted by molar-refractivity contribution is 7.12. The van der Waals surface area contributed by atoms with Gasteiger partial charge >= 0.3 is 0 Å². The third kappa shape index (κ3) is 4.05. The van der Waals surface area contributed by atoms with Crippen LogP contribution >= 0.6 is 11.3 Å². The van der Waals surface area contributed by atoms with Gasteiger partial charge in [-0.15, -0.1) is 11.3 Å². The molecular weight excluding hydrogens is 395 g/mol. The Balaban J connectivity index is 1.58. The standard InChI is InChI=1S/C22H15FO5S/c1-13-22(28-15-6-4-14(23)5-7-15)21(25)17-9-8-16(11-19(17)27-13)26-12-18(24)20-3-2-10-29-20/h2-11H,12H2,1H3. The molecule has 146 valence electrons. The second-order valence-corrected chi connectivity index (χ2v) is 7.17. The molecule has 2 aromatic heterocycles. The summed E-state index contributed by atoms with van der Waals surface area (Å²) in [6, 6.07) is 13.6. The first-order valence-corrected chi connectivity index (χ1v) is 9.59. The summed E-state index contributed by atoms with van der Waals surface area (Å²) in [7, 11) is 0. The Labute approximate surface area is 168 Å². The van der Waals surface area contributed by atoms with Crippen LogP contribution in [0, 0.1) is 12.7 Å². The molecule has 0 saturated carbocycles. The summed E-state index contributed by atoms with van der Waals surface area (Å²) < 4.78 is 29.9. The molecule has 29 heavy (non-hydrogen) atoms. The average molecular weight is 410 g/mol. The van der Waals surface area contributed by atoms with Crippen molar-refractivity contribution in [1.82, 2.24) is 0 Å². The number of Topliss-reactive ketones (excluding diaryl/α,β-unsaturated/α-hetero) is 1. The first-order valence-electron chi connectivity index (χ1n) is 8.71. The van der Waals surface area contributed by atoms with Crippen molar-refractivity contribution in [3.63, 3.8) is 0 Å². The van der Waals surface area contributed by atoms with Crippen LogP contribution in [0.5, 0.6) is 17.2 Å². The Hall–Kier alpha value is -3.45. The molecule has 0 N–H and O–H groups in total. The fourth-order valence-corrected chi connectivity index (χ4v) is 3.41. The lowest BCUT2D eigenvalue weighted by atomic mass is 10.2. The van der Waals surface area contributed by atoms with Gasteiger partial charge in [0.25, 0.3) is 0 Å². The van der Waals surface area contributed by atoms with Gasteiger partial charge in [-0.1, -0.05) is 6.07 Å². The summed E-state index contributed by atoms with van der Waals surface area (Å²) in [5.74, 6) is 0.528. The van der Waals surface area contributed by atoms with Crippen LogP contribution in [0.3, 0.4) is 0 Å². The molecule has 0 unspecified atom stereocenters. The van der Waals surface area contributed by atoms with Crippen LogP contribution in [-0.4, -0.2) is 12.4 Å². The minimum atomic E-state index is -0.398. The number of benzene rings is 2. The van der Waals surface area contributed by atoms with Crippen molar-refractivity contribution in [1.29, 1.82) is 0 Å². The number of carbonyl (C=O) groups excluding carboxylic acids is 1. The van der Waals surface area contributed by atoms with E-state index in [-0.39, 0.29) is 29.3 Å². The van der Waals surface area contributed by atoms with E-state index in [1.165, 1.54) is 35.6 Å². The molecule has 0 atom stereocenters. The van der Waals surface area contributed by atoms with Crippen LogP contribution in [-0.2, 0) is 0 Å².